The summed E-state index contributed by atoms with van der Waals surface area (Å²) >= 11 is 0. The zero-order valence-electron chi connectivity index (χ0n) is 8.56. The quantitative estimate of drug-likeness (QED) is 0.690. The van der Waals surface area contributed by atoms with E-state index in [2.05, 4.69) is 9.99 Å². The average molecular weight is 205 g/mol. The van der Waals surface area contributed by atoms with Crippen LogP contribution in [0.5, 0.6) is 5.75 Å². The molecule has 1 aliphatic heterocycles. The minimum atomic E-state index is -0.429. The van der Waals surface area contributed by atoms with Gasteiger partial charge in [0.2, 0.25) is 0 Å². The summed E-state index contributed by atoms with van der Waals surface area (Å²) in [7, 11) is 1.57. The maximum Gasteiger partial charge on any atom is 0.348 e. The van der Waals surface area contributed by atoms with Gasteiger partial charge in [-0.1, -0.05) is 23.4 Å². The van der Waals surface area contributed by atoms with Gasteiger partial charge in [-0.15, -0.1) is 0 Å². The highest BCUT2D eigenvalue weighted by Gasteiger charge is 2.33. The van der Waals surface area contributed by atoms with E-state index in [0.29, 0.717) is 11.5 Å². The SMILES string of the molecule is COc1ccccc1C1C(=O)ON=C1C. The van der Waals surface area contributed by atoms with Crippen LogP contribution in [0.2, 0.25) is 0 Å². The lowest BCUT2D eigenvalue weighted by atomic mass is 9.95. The van der Waals surface area contributed by atoms with Crippen molar-refractivity contribution in [2.45, 2.75) is 12.8 Å². The number of carbonyl (C=O) groups is 1. The van der Waals surface area contributed by atoms with Crippen LogP contribution in [0.25, 0.3) is 0 Å². The van der Waals surface area contributed by atoms with Crippen molar-refractivity contribution >= 4 is 11.7 Å². The number of hydrogen-bond donors (Lipinski definition) is 0. The molecule has 1 aromatic rings. The number of nitrogens with zero attached hydrogens (tertiary/aromatic N) is 1. The lowest BCUT2D eigenvalue weighted by Crippen LogP contribution is -2.14. The van der Waals surface area contributed by atoms with Gasteiger partial charge in [-0.3, -0.25) is 0 Å². The van der Waals surface area contributed by atoms with E-state index >= 15 is 0 Å². The Balaban J connectivity index is 2.45. The summed E-state index contributed by atoms with van der Waals surface area (Å²) in [4.78, 5) is 16.1. The Hall–Kier alpha value is -1.84. The molecule has 0 saturated carbocycles. The van der Waals surface area contributed by atoms with E-state index in [1.54, 1.807) is 14.0 Å². The Labute approximate surface area is 87.5 Å². The summed E-state index contributed by atoms with van der Waals surface area (Å²) in [6.45, 7) is 1.77. The van der Waals surface area contributed by atoms with Crippen LogP contribution in [0.15, 0.2) is 29.4 Å². The monoisotopic (exact) mass is 205 g/mol. The van der Waals surface area contributed by atoms with Crippen LogP contribution >= 0.6 is 0 Å². The Morgan fingerprint density at radius 2 is 2.13 bits per heavy atom. The van der Waals surface area contributed by atoms with E-state index in [1.807, 2.05) is 24.3 Å². The van der Waals surface area contributed by atoms with Gasteiger partial charge in [-0.2, -0.15) is 0 Å². The summed E-state index contributed by atoms with van der Waals surface area (Å²) in [6, 6.07) is 7.37. The van der Waals surface area contributed by atoms with Gasteiger partial charge in [0.05, 0.1) is 12.8 Å². The summed E-state index contributed by atoms with van der Waals surface area (Å²) in [5.74, 6) is -0.103. The maximum atomic E-state index is 11.5. The zero-order valence-corrected chi connectivity index (χ0v) is 8.56. The van der Waals surface area contributed by atoms with Crippen LogP contribution in [-0.4, -0.2) is 18.8 Å². The first kappa shape index (κ1) is 9.71. The molecule has 1 atom stereocenters. The molecule has 0 aliphatic carbocycles. The third-order valence-corrected chi connectivity index (χ3v) is 2.38. The fourth-order valence-corrected chi connectivity index (χ4v) is 1.65. The van der Waals surface area contributed by atoms with Gasteiger partial charge in [-0.05, 0) is 13.0 Å². The molecule has 1 unspecified atom stereocenters. The van der Waals surface area contributed by atoms with E-state index in [-0.39, 0.29) is 5.97 Å². The predicted molar refractivity (Wildman–Crippen MR) is 54.9 cm³/mol. The minimum Gasteiger partial charge on any atom is -0.496 e. The van der Waals surface area contributed by atoms with Crippen LogP contribution < -0.4 is 4.74 Å². The highest BCUT2D eigenvalue weighted by molar-refractivity contribution is 6.09. The smallest absolute Gasteiger partial charge is 0.348 e. The lowest BCUT2D eigenvalue weighted by molar-refractivity contribution is -0.141. The molecule has 4 heteroatoms. The van der Waals surface area contributed by atoms with E-state index < -0.39 is 5.92 Å². The molecule has 0 bridgehead atoms. The van der Waals surface area contributed by atoms with Crippen LogP contribution in [0.4, 0.5) is 0 Å². The third-order valence-electron chi connectivity index (χ3n) is 2.38. The molecule has 0 amide bonds. The van der Waals surface area contributed by atoms with Gasteiger partial charge in [0, 0.05) is 5.56 Å². The first-order chi connectivity index (χ1) is 7.24. The molecule has 15 heavy (non-hydrogen) atoms. The number of oxime groups is 1. The molecule has 0 spiro atoms. The fourth-order valence-electron chi connectivity index (χ4n) is 1.65. The molecular formula is C11H11NO3. The van der Waals surface area contributed by atoms with Crippen LogP contribution in [-0.2, 0) is 9.63 Å². The Bertz CT molecular complexity index is 426. The number of ether oxygens (including phenoxy) is 1. The maximum absolute atomic E-state index is 11.5. The Morgan fingerprint density at radius 1 is 1.40 bits per heavy atom. The number of rotatable bonds is 2. The van der Waals surface area contributed by atoms with Crippen molar-refractivity contribution in [1.82, 2.24) is 0 Å². The fraction of sp³-hybridized carbons (Fsp3) is 0.273. The molecule has 78 valence electrons. The highest BCUT2D eigenvalue weighted by atomic mass is 16.7. The van der Waals surface area contributed by atoms with Crippen molar-refractivity contribution in [2.75, 3.05) is 7.11 Å². The molecule has 0 saturated heterocycles. The topological polar surface area (TPSA) is 47.9 Å². The number of methoxy groups -OCH3 is 1. The Morgan fingerprint density at radius 3 is 2.73 bits per heavy atom. The molecular weight excluding hydrogens is 194 g/mol. The van der Waals surface area contributed by atoms with Crippen molar-refractivity contribution in [1.29, 1.82) is 0 Å². The summed E-state index contributed by atoms with van der Waals surface area (Å²) in [5, 5.41) is 3.66. The minimum absolute atomic E-state index is 0.350. The second-order valence-corrected chi connectivity index (χ2v) is 3.32. The highest BCUT2D eigenvalue weighted by Crippen LogP contribution is 2.31. The lowest BCUT2D eigenvalue weighted by Gasteiger charge is -2.11. The van der Waals surface area contributed by atoms with E-state index in [9.17, 15) is 4.79 Å². The van der Waals surface area contributed by atoms with Crippen molar-refractivity contribution in [3.8, 4) is 5.75 Å². The largest absolute Gasteiger partial charge is 0.496 e. The summed E-state index contributed by atoms with van der Waals surface area (Å²) in [6.07, 6.45) is 0. The second kappa shape index (κ2) is 3.73. The van der Waals surface area contributed by atoms with E-state index in [4.69, 9.17) is 4.74 Å². The molecule has 0 N–H and O–H groups in total. The van der Waals surface area contributed by atoms with E-state index in [1.165, 1.54) is 0 Å². The first-order valence-electron chi connectivity index (χ1n) is 4.62. The number of carbonyl (C=O) groups excluding carboxylic acids is 1. The molecule has 1 heterocycles. The number of benzene rings is 1. The van der Waals surface area contributed by atoms with Gasteiger partial charge < -0.3 is 9.57 Å². The van der Waals surface area contributed by atoms with Crippen molar-refractivity contribution in [2.24, 2.45) is 5.16 Å². The molecule has 1 aliphatic rings. The molecule has 2 rings (SSSR count). The van der Waals surface area contributed by atoms with Crippen molar-refractivity contribution in [3.63, 3.8) is 0 Å². The second-order valence-electron chi connectivity index (χ2n) is 3.32. The Kier molecular flexibility index (Phi) is 2.41. The van der Waals surface area contributed by atoms with Crippen LogP contribution in [0.3, 0.4) is 0 Å². The first-order valence-corrected chi connectivity index (χ1v) is 4.62. The number of para-hydroxylation sites is 1. The summed E-state index contributed by atoms with van der Waals surface area (Å²) < 4.78 is 5.19. The molecule has 4 nitrogen and oxygen atoms in total. The van der Waals surface area contributed by atoms with Crippen molar-refractivity contribution in [3.05, 3.63) is 29.8 Å². The molecule has 0 fully saturated rings. The predicted octanol–water partition coefficient (Wildman–Crippen LogP) is 1.71. The van der Waals surface area contributed by atoms with Gasteiger partial charge in [-0.25, -0.2) is 4.79 Å². The van der Waals surface area contributed by atoms with Gasteiger partial charge >= 0.3 is 5.97 Å². The third kappa shape index (κ3) is 1.58. The number of hydrogen-bond acceptors (Lipinski definition) is 4. The molecule has 1 aromatic carbocycles. The average Bonchev–Trinajstić information content (AvgIpc) is 2.59. The molecule has 0 radical (unpaired) electrons. The summed E-state index contributed by atoms with van der Waals surface area (Å²) in [5.41, 5.74) is 1.45. The van der Waals surface area contributed by atoms with Gasteiger partial charge in [0.25, 0.3) is 0 Å². The van der Waals surface area contributed by atoms with E-state index in [0.717, 1.165) is 5.56 Å². The van der Waals surface area contributed by atoms with Crippen LogP contribution in [0.1, 0.15) is 18.4 Å². The zero-order chi connectivity index (χ0) is 10.8. The molecule has 0 aromatic heterocycles. The normalized spacial score (nSPS) is 19.7. The standard InChI is InChI=1S/C11H11NO3/c1-7-10(11(13)15-12-7)8-5-3-4-6-9(8)14-2/h3-6,10H,1-2H3. The van der Waals surface area contributed by atoms with Crippen LogP contribution in [0, 0.1) is 0 Å². The van der Waals surface area contributed by atoms with Gasteiger partial charge in [0.15, 0.2) is 0 Å². The van der Waals surface area contributed by atoms with Gasteiger partial charge in [0.1, 0.15) is 11.7 Å². The van der Waals surface area contributed by atoms with Crippen molar-refractivity contribution < 1.29 is 14.4 Å².